The molecule has 1 fully saturated rings. The number of nitrogens with zero attached hydrogens (tertiary/aromatic N) is 5. The van der Waals surface area contributed by atoms with E-state index in [1.807, 2.05) is 30.8 Å². The van der Waals surface area contributed by atoms with Crippen molar-refractivity contribution >= 4 is 18.3 Å². The Bertz CT molecular complexity index is 428. The molecule has 1 atom stereocenters. The summed E-state index contributed by atoms with van der Waals surface area (Å²) in [5, 5.41) is 13.6. The number of hydrogen-bond acceptors (Lipinski definition) is 6. The summed E-state index contributed by atoms with van der Waals surface area (Å²) in [7, 11) is 3.85. The lowest BCUT2D eigenvalue weighted by Gasteiger charge is -2.36. The highest BCUT2D eigenvalue weighted by Crippen LogP contribution is 2.10. The van der Waals surface area contributed by atoms with E-state index in [0.29, 0.717) is 0 Å². The van der Waals surface area contributed by atoms with Crippen molar-refractivity contribution in [1.29, 1.82) is 0 Å². The van der Waals surface area contributed by atoms with E-state index < -0.39 is 0 Å². The van der Waals surface area contributed by atoms with Gasteiger partial charge in [0.2, 0.25) is 11.9 Å². The second-order valence-corrected chi connectivity index (χ2v) is 4.87. The highest BCUT2D eigenvalue weighted by atomic mass is 16.3. The summed E-state index contributed by atoms with van der Waals surface area (Å²) >= 11 is 0. The monoisotopic (exact) mass is 298 g/mol. The number of anilines is 1. The number of piperazine rings is 1. The second-order valence-electron chi connectivity index (χ2n) is 4.87. The highest BCUT2D eigenvalue weighted by Gasteiger charge is 2.26. The second kappa shape index (κ2) is 8.20. The van der Waals surface area contributed by atoms with Gasteiger partial charge in [0.15, 0.2) is 0 Å². The third-order valence-electron chi connectivity index (χ3n) is 3.43. The SMILES string of the molecule is CC(C(=O)N1CCN(c2ncn[nH]2)CC1)N(C)C.O=CO. The first-order valence-electron chi connectivity index (χ1n) is 6.64. The number of H-pyrrole nitrogens is 1. The molecule has 2 heterocycles. The number of hydrogen-bond donors (Lipinski definition) is 2. The molecular formula is C12H22N6O3. The van der Waals surface area contributed by atoms with Crippen LogP contribution in [0.2, 0.25) is 0 Å². The maximum absolute atomic E-state index is 12.2. The number of aromatic nitrogens is 3. The van der Waals surface area contributed by atoms with Crippen LogP contribution in [-0.4, -0.2) is 88.8 Å². The zero-order valence-electron chi connectivity index (χ0n) is 12.6. The fourth-order valence-corrected chi connectivity index (χ4v) is 1.98. The van der Waals surface area contributed by atoms with E-state index in [1.165, 1.54) is 6.33 Å². The van der Waals surface area contributed by atoms with Crippen LogP contribution in [0, 0.1) is 0 Å². The smallest absolute Gasteiger partial charge is 0.290 e. The van der Waals surface area contributed by atoms with Gasteiger partial charge < -0.3 is 14.9 Å². The largest absolute Gasteiger partial charge is 0.483 e. The summed E-state index contributed by atoms with van der Waals surface area (Å²) in [4.78, 5) is 30.6. The molecule has 2 rings (SSSR count). The standard InChI is InChI=1S/C11H20N6O.CH2O2/c1-9(15(2)3)10(18)16-4-6-17(7-5-16)11-12-8-13-14-11;2-1-3/h8-9H,4-7H2,1-3H3,(H,12,13,14);1H,(H,2,3). The highest BCUT2D eigenvalue weighted by molar-refractivity contribution is 5.81. The quantitative estimate of drug-likeness (QED) is 0.697. The molecule has 1 amide bonds. The van der Waals surface area contributed by atoms with Crippen molar-refractivity contribution in [2.24, 2.45) is 0 Å². The molecular weight excluding hydrogens is 276 g/mol. The van der Waals surface area contributed by atoms with Crippen LogP contribution in [0.25, 0.3) is 0 Å². The van der Waals surface area contributed by atoms with E-state index in [4.69, 9.17) is 9.90 Å². The molecule has 1 aliphatic heterocycles. The predicted octanol–water partition coefficient (Wildman–Crippen LogP) is -0.896. The molecule has 0 radical (unpaired) electrons. The van der Waals surface area contributed by atoms with Crippen molar-refractivity contribution in [2.45, 2.75) is 13.0 Å². The van der Waals surface area contributed by atoms with Crippen LogP contribution in [0.15, 0.2) is 6.33 Å². The van der Waals surface area contributed by atoms with Crippen molar-refractivity contribution in [3.05, 3.63) is 6.33 Å². The van der Waals surface area contributed by atoms with Gasteiger partial charge in [-0.3, -0.25) is 14.5 Å². The lowest BCUT2D eigenvalue weighted by molar-refractivity contribution is -0.135. The number of carbonyl (C=O) groups excluding carboxylic acids is 1. The summed E-state index contributed by atoms with van der Waals surface area (Å²) in [6.45, 7) is 4.74. The van der Waals surface area contributed by atoms with Gasteiger partial charge in [-0.05, 0) is 21.0 Å². The van der Waals surface area contributed by atoms with Crippen LogP contribution in [0.1, 0.15) is 6.92 Å². The first kappa shape index (κ1) is 16.9. The summed E-state index contributed by atoms with van der Waals surface area (Å²) in [5.41, 5.74) is 0. The summed E-state index contributed by atoms with van der Waals surface area (Å²) in [6, 6.07) is -0.0678. The molecule has 1 aromatic heterocycles. The number of likely N-dealkylation sites (N-methyl/N-ethyl adjacent to an activating group) is 1. The zero-order valence-corrected chi connectivity index (χ0v) is 12.6. The van der Waals surface area contributed by atoms with Crippen LogP contribution >= 0.6 is 0 Å². The Balaban J connectivity index is 0.000000677. The Morgan fingerprint density at radius 1 is 1.43 bits per heavy atom. The summed E-state index contributed by atoms with van der Waals surface area (Å²) < 4.78 is 0. The first-order valence-corrected chi connectivity index (χ1v) is 6.64. The number of rotatable bonds is 3. The number of amides is 1. The third kappa shape index (κ3) is 4.71. The molecule has 1 aromatic rings. The molecule has 0 aliphatic carbocycles. The first-order chi connectivity index (χ1) is 10.0. The molecule has 118 valence electrons. The molecule has 1 unspecified atom stereocenters. The van der Waals surface area contributed by atoms with E-state index >= 15 is 0 Å². The van der Waals surface area contributed by atoms with E-state index in [0.717, 1.165) is 32.1 Å². The van der Waals surface area contributed by atoms with E-state index in [9.17, 15) is 4.79 Å². The Kier molecular flexibility index (Phi) is 6.60. The van der Waals surface area contributed by atoms with E-state index in [2.05, 4.69) is 20.1 Å². The van der Waals surface area contributed by atoms with Gasteiger partial charge >= 0.3 is 0 Å². The Hall–Kier alpha value is -2.16. The fourth-order valence-electron chi connectivity index (χ4n) is 1.98. The maximum Gasteiger partial charge on any atom is 0.290 e. The normalized spacial score (nSPS) is 16.2. The van der Waals surface area contributed by atoms with Gasteiger partial charge in [-0.15, -0.1) is 0 Å². The number of carbonyl (C=O) groups is 2. The molecule has 0 spiro atoms. The van der Waals surface area contributed by atoms with Crippen molar-refractivity contribution < 1.29 is 14.7 Å². The summed E-state index contributed by atoms with van der Waals surface area (Å²) in [6.07, 6.45) is 1.50. The average molecular weight is 298 g/mol. The van der Waals surface area contributed by atoms with Gasteiger partial charge in [-0.25, -0.2) is 5.10 Å². The van der Waals surface area contributed by atoms with Gasteiger partial charge in [0.25, 0.3) is 6.47 Å². The predicted molar refractivity (Wildman–Crippen MR) is 77.0 cm³/mol. The molecule has 0 bridgehead atoms. The van der Waals surface area contributed by atoms with Crippen molar-refractivity contribution in [2.75, 3.05) is 45.2 Å². The lowest BCUT2D eigenvalue weighted by atomic mass is 10.2. The van der Waals surface area contributed by atoms with Gasteiger partial charge in [-0.2, -0.15) is 10.1 Å². The molecule has 2 N–H and O–H groups in total. The van der Waals surface area contributed by atoms with Gasteiger partial charge in [0.1, 0.15) is 6.33 Å². The minimum Gasteiger partial charge on any atom is -0.483 e. The Morgan fingerprint density at radius 2 is 2.00 bits per heavy atom. The van der Waals surface area contributed by atoms with Gasteiger partial charge in [0.05, 0.1) is 6.04 Å². The molecule has 1 saturated heterocycles. The fraction of sp³-hybridized carbons (Fsp3) is 0.667. The molecule has 0 aromatic carbocycles. The van der Waals surface area contributed by atoms with Crippen LogP contribution in [0.4, 0.5) is 5.95 Å². The molecule has 9 heteroatoms. The number of nitrogens with one attached hydrogen (secondary N) is 1. The van der Waals surface area contributed by atoms with E-state index in [-0.39, 0.29) is 18.4 Å². The van der Waals surface area contributed by atoms with Gasteiger partial charge in [0, 0.05) is 26.2 Å². The minimum absolute atomic E-state index is 0.0678. The molecule has 1 aliphatic rings. The Labute approximate surface area is 123 Å². The number of aromatic amines is 1. The van der Waals surface area contributed by atoms with Crippen molar-refractivity contribution in [3.63, 3.8) is 0 Å². The average Bonchev–Trinajstić information content (AvgIpc) is 3.01. The molecule has 9 nitrogen and oxygen atoms in total. The topological polar surface area (TPSA) is 106 Å². The minimum atomic E-state index is -0.250. The molecule has 0 saturated carbocycles. The summed E-state index contributed by atoms with van der Waals surface area (Å²) in [5.74, 6) is 0.972. The van der Waals surface area contributed by atoms with Crippen LogP contribution < -0.4 is 4.90 Å². The van der Waals surface area contributed by atoms with Gasteiger partial charge in [-0.1, -0.05) is 0 Å². The Morgan fingerprint density at radius 3 is 2.43 bits per heavy atom. The van der Waals surface area contributed by atoms with Crippen LogP contribution in [0.5, 0.6) is 0 Å². The zero-order chi connectivity index (χ0) is 15.8. The molecule has 21 heavy (non-hydrogen) atoms. The number of carboxylic acid groups (broad SMARTS) is 1. The maximum atomic E-state index is 12.2. The van der Waals surface area contributed by atoms with Crippen molar-refractivity contribution in [3.8, 4) is 0 Å². The van der Waals surface area contributed by atoms with Crippen LogP contribution in [0.3, 0.4) is 0 Å². The van der Waals surface area contributed by atoms with E-state index in [1.54, 1.807) is 0 Å². The third-order valence-corrected chi connectivity index (χ3v) is 3.43. The lowest BCUT2D eigenvalue weighted by Crippen LogP contribution is -2.53. The van der Waals surface area contributed by atoms with Crippen molar-refractivity contribution in [1.82, 2.24) is 25.0 Å². The van der Waals surface area contributed by atoms with Crippen LogP contribution in [-0.2, 0) is 9.59 Å².